The number of amides is 1. The van der Waals surface area contributed by atoms with Gasteiger partial charge in [0.1, 0.15) is 12.4 Å². The Balaban J connectivity index is 3.01. The van der Waals surface area contributed by atoms with Gasteiger partial charge in [-0.2, -0.15) is 0 Å². The summed E-state index contributed by atoms with van der Waals surface area (Å²) in [6.07, 6.45) is -2.69. The quantitative estimate of drug-likeness (QED) is 0.846. The Kier molecular flexibility index (Phi) is 5.39. The molecule has 19 heavy (non-hydrogen) atoms. The first-order valence-corrected chi connectivity index (χ1v) is 5.38. The molecule has 0 fully saturated rings. The molecule has 1 N–H and O–H groups in total. The molecule has 0 radical (unpaired) electrons. The molecule has 0 aliphatic rings. The van der Waals surface area contributed by atoms with E-state index >= 15 is 0 Å². The van der Waals surface area contributed by atoms with Gasteiger partial charge in [0.05, 0.1) is 12.1 Å². The molecule has 0 aliphatic carbocycles. The molecule has 0 atom stereocenters. The summed E-state index contributed by atoms with van der Waals surface area (Å²) in [5.41, 5.74) is -0.00265. The molecule has 0 spiro atoms. The standard InChI is InChI=1S/C13H12F3NO2/c1-17(8-12(15)16)13(19)10-7-9(3-2-6-18)4-5-11(10)14/h4-5,7,12,18H,6,8H2,1H3. The number of carbonyl (C=O) groups excluding carboxylic acids is 1. The van der Waals surface area contributed by atoms with Crippen LogP contribution in [0.4, 0.5) is 13.2 Å². The van der Waals surface area contributed by atoms with Gasteiger partial charge < -0.3 is 10.0 Å². The Morgan fingerprint density at radius 1 is 1.47 bits per heavy atom. The fourth-order valence-electron chi connectivity index (χ4n) is 1.40. The Morgan fingerprint density at radius 3 is 2.74 bits per heavy atom. The Bertz CT molecular complexity index is 520. The summed E-state index contributed by atoms with van der Waals surface area (Å²) in [6, 6.07) is 3.54. The molecule has 6 heteroatoms. The van der Waals surface area contributed by atoms with Gasteiger partial charge in [-0.05, 0) is 18.2 Å². The number of aliphatic hydroxyl groups excluding tert-OH is 1. The number of hydrogen-bond donors (Lipinski definition) is 1. The van der Waals surface area contributed by atoms with Gasteiger partial charge in [0.15, 0.2) is 0 Å². The first kappa shape index (κ1) is 15.1. The highest BCUT2D eigenvalue weighted by molar-refractivity contribution is 5.94. The average molecular weight is 271 g/mol. The van der Waals surface area contributed by atoms with Gasteiger partial charge >= 0.3 is 0 Å². The molecule has 102 valence electrons. The second kappa shape index (κ2) is 6.81. The zero-order valence-corrected chi connectivity index (χ0v) is 10.2. The van der Waals surface area contributed by atoms with Gasteiger partial charge in [-0.3, -0.25) is 4.79 Å². The molecule has 1 rings (SSSR count). The van der Waals surface area contributed by atoms with E-state index in [0.29, 0.717) is 5.56 Å². The van der Waals surface area contributed by atoms with Gasteiger partial charge in [0, 0.05) is 12.6 Å². The summed E-state index contributed by atoms with van der Waals surface area (Å²) in [5, 5.41) is 8.54. The molecule has 0 saturated carbocycles. The van der Waals surface area contributed by atoms with E-state index in [-0.39, 0.29) is 12.2 Å². The van der Waals surface area contributed by atoms with Crippen LogP contribution in [0.3, 0.4) is 0 Å². The Hall–Kier alpha value is -2.00. The van der Waals surface area contributed by atoms with E-state index in [0.717, 1.165) is 11.0 Å². The summed E-state index contributed by atoms with van der Waals surface area (Å²) in [4.78, 5) is 12.5. The Morgan fingerprint density at radius 2 is 2.16 bits per heavy atom. The summed E-state index contributed by atoms with van der Waals surface area (Å²) in [7, 11) is 1.17. The molecule has 0 heterocycles. The van der Waals surface area contributed by atoms with Gasteiger partial charge in [0.2, 0.25) is 0 Å². The van der Waals surface area contributed by atoms with E-state index in [2.05, 4.69) is 11.8 Å². The summed E-state index contributed by atoms with van der Waals surface area (Å²) < 4.78 is 37.8. The maximum absolute atomic E-state index is 13.5. The number of carbonyl (C=O) groups is 1. The van der Waals surface area contributed by atoms with E-state index in [1.165, 1.54) is 19.2 Å². The molecular formula is C13H12F3NO2. The molecule has 0 aromatic heterocycles. The highest BCUT2D eigenvalue weighted by atomic mass is 19.3. The SMILES string of the molecule is CN(CC(F)F)C(=O)c1cc(C#CCO)ccc1F. The number of aliphatic hydroxyl groups is 1. The number of hydrogen-bond acceptors (Lipinski definition) is 2. The van der Waals surface area contributed by atoms with Crippen molar-refractivity contribution < 1.29 is 23.1 Å². The van der Waals surface area contributed by atoms with E-state index < -0.39 is 24.7 Å². The van der Waals surface area contributed by atoms with Crippen LogP contribution in [0.15, 0.2) is 18.2 Å². The zero-order chi connectivity index (χ0) is 14.4. The third-order valence-electron chi connectivity index (χ3n) is 2.27. The second-order valence-corrected chi connectivity index (χ2v) is 3.73. The van der Waals surface area contributed by atoms with Crippen molar-refractivity contribution in [3.8, 4) is 11.8 Å². The molecule has 1 aromatic carbocycles. The van der Waals surface area contributed by atoms with Crippen LogP contribution in [-0.4, -0.2) is 42.5 Å². The lowest BCUT2D eigenvalue weighted by atomic mass is 10.1. The molecular weight excluding hydrogens is 259 g/mol. The van der Waals surface area contributed by atoms with Crippen LogP contribution >= 0.6 is 0 Å². The molecule has 0 unspecified atom stereocenters. The minimum atomic E-state index is -2.69. The van der Waals surface area contributed by atoms with Crippen molar-refractivity contribution in [3.05, 3.63) is 35.1 Å². The third-order valence-corrected chi connectivity index (χ3v) is 2.27. The molecule has 0 bridgehead atoms. The minimum Gasteiger partial charge on any atom is -0.384 e. The van der Waals surface area contributed by atoms with Crippen LogP contribution in [0.1, 0.15) is 15.9 Å². The van der Waals surface area contributed by atoms with Crippen LogP contribution < -0.4 is 0 Å². The maximum atomic E-state index is 13.5. The monoisotopic (exact) mass is 271 g/mol. The van der Waals surface area contributed by atoms with E-state index in [1.54, 1.807) is 0 Å². The second-order valence-electron chi connectivity index (χ2n) is 3.73. The normalized spacial score (nSPS) is 10.0. The highest BCUT2D eigenvalue weighted by Gasteiger charge is 2.19. The average Bonchev–Trinajstić information content (AvgIpc) is 2.36. The summed E-state index contributed by atoms with van der Waals surface area (Å²) in [6.45, 7) is -1.14. The molecule has 1 aromatic rings. The number of alkyl halides is 2. The smallest absolute Gasteiger partial charge is 0.256 e. The highest BCUT2D eigenvalue weighted by Crippen LogP contribution is 2.13. The van der Waals surface area contributed by atoms with Gasteiger partial charge in [-0.15, -0.1) is 0 Å². The predicted molar refractivity (Wildman–Crippen MR) is 63.3 cm³/mol. The number of halogens is 3. The molecule has 0 aliphatic heterocycles. The summed E-state index contributed by atoms with van der Waals surface area (Å²) >= 11 is 0. The first-order valence-electron chi connectivity index (χ1n) is 5.38. The lowest BCUT2D eigenvalue weighted by Gasteiger charge is -2.16. The zero-order valence-electron chi connectivity index (χ0n) is 10.2. The van der Waals surface area contributed by atoms with E-state index in [4.69, 9.17) is 5.11 Å². The molecule has 0 saturated heterocycles. The van der Waals surface area contributed by atoms with Crippen molar-refractivity contribution in [2.45, 2.75) is 6.43 Å². The van der Waals surface area contributed by atoms with Gasteiger partial charge in [0.25, 0.3) is 12.3 Å². The third kappa shape index (κ3) is 4.30. The van der Waals surface area contributed by atoms with Gasteiger partial charge in [-0.25, -0.2) is 13.2 Å². The molecule has 1 amide bonds. The number of benzene rings is 1. The van der Waals surface area contributed by atoms with Crippen molar-refractivity contribution in [1.82, 2.24) is 4.90 Å². The van der Waals surface area contributed by atoms with E-state index in [9.17, 15) is 18.0 Å². The fraction of sp³-hybridized carbons (Fsp3) is 0.308. The lowest BCUT2D eigenvalue weighted by Crippen LogP contribution is -2.31. The van der Waals surface area contributed by atoms with Crippen molar-refractivity contribution in [2.75, 3.05) is 20.2 Å². The number of nitrogens with zero attached hydrogens (tertiary/aromatic N) is 1. The van der Waals surface area contributed by atoms with Gasteiger partial charge in [-0.1, -0.05) is 11.8 Å². The van der Waals surface area contributed by atoms with Crippen LogP contribution in [0.25, 0.3) is 0 Å². The van der Waals surface area contributed by atoms with Crippen LogP contribution in [-0.2, 0) is 0 Å². The van der Waals surface area contributed by atoms with Crippen LogP contribution in [0.2, 0.25) is 0 Å². The lowest BCUT2D eigenvalue weighted by molar-refractivity contribution is 0.0616. The maximum Gasteiger partial charge on any atom is 0.256 e. The first-order chi connectivity index (χ1) is 8.95. The molecule has 3 nitrogen and oxygen atoms in total. The predicted octanol–water partition coefficient (Wildman–Crippen LogP) is 1.51. The fourth-order valence-corrected chi connectivity index (χ4v) is 1.40. The number of rotatable bonds is 3. The largest absolute Gasteiger partial charge is 0.384 e. The van der Waals surface area contributed by atoms with Crippen molar-refractivity contribution in [3.63, 3.8) is 0 Å². The van der Waals surface area contributed by atoms with E-state index in [1.807, 2.05) is 0 Å². The Labute approximate surface area is 108 Å². The topological polar surface area (TPSA) is 40.5 Å². The minimum absolute atomic E-state index is 0.323. The van der Waals surface area contributed by atoms with Crippen molar-refractivity contribution in [2.24, 2.45) is 0 Å². The van der Waals surface area contributed by atoms with Crippen LogP contribution in [0, 0.1) is 17.7 Å². The summed E-state index contributed by atoms with van der Waals surface area (Å²) in [5.74, 6) is 3.21. The van der Waals surface area contributed by atoms with Crippen molar-refractivity contribution >= 4 is 5.91 Å². The van der Waals surface area contributed by atoms with Crippen molar-refractivity contribution in [1.29, 1.82) is 0 Å². The van der Waals surface area contributed by atoms with Crippen LogP contribution in [0.5, 0.6) is 0 Å².